The molecule has 1 saturated carbocycles. The molecule has 0 aromatic heterocycles. The van der Waals surface area contributed by atoms with Gasteiger partial charge in [0.25, 0.3) is 0 Å². The van der Waals surface area contributed by atoms with Crippen LogP contribution in [0.15, 0.2) is 4.99 Å². The molecule has 1 aliphatic carbocycles. The maximum atomic E-state index is 5.60. The molecule has 0 heterocycles. The molecule has 0 spiro atoms. The van der Waals surface area contributed by atoms with Crippen molar-refractivity contribution in [3.05, 3.63) is 0 Å². The molecular weight excluding hydrogens is 232 g/mol. The second-order valence-electron chi connectivity index (χ2n) is 4.62. The normalized spacial score (nSPS) is 22.2. The van der Waals surface area contributed by atoms with Crippen LogP contribution >= 0.6 is 12.2 Å². The number of unbranched alkanes of at least 4 members (excludes halogenated alkanes) is 1. The van der Waals surface area contributed by atoms with E-state index in [0.29, 0.717) is 17.5 Å². The monoisotopic (exact) mass is 256 g/mol. The van der Waals surface area contributed by atoms with Crippen molar-refractivity contribution in [2.75, 3.05) is 19.8 Å². The van der Waals surface area contributed by atoms with Crippen LogP contribution < -0.4 is 5.73 Å². The number of rotatable bonds is 8. The molecule has 0 aliphatic heterocycles. The predicted molar refractivity (Wildman–Crippen MR) is 76.8 cm³/mol. The van der Waals surface area contributed by atoms with E-state index in [4.69, 9.17) is 22.7 Å². The molecule has 1 unspecified atom stereocenters. The fourth-order valence-corrected chi connectivity index (χ4v) is 2.24. The van der Waals surface area contributed by atoms with Crippen LogP contribution in [0.1, 0.15) is 45.4 Å². The van der Waals surface area contributed by atoms with Gasteiger partial charge in [0, 0.05) is 18.9 Å². The van der Waals surface area contributed by atoms with E-state index < -0.39 is 0 Å². The van der Waals surface area contributed by atoms with Gasteiger partial charge in [-0.2, -0.15) is 0 Å². The number of thiocarbonyl (C=S) groups is 1. The van der Waals surface area contributed by atoms with Gasteiger partial charge in [0.1, 0.15) is 0 Å². The third kappa shape index (κ3) is 6.13. The lowest BCUT2D eigenvalue weighted by molar-refractivity contribution is 0.123. The van der Waals surface area contributed by atoms with E-state index in [1.807, 2.05) is 0 Å². The van der Waals surface area contributed by atoms with Crippen LogP contribution in [-0.4, -0.2) is 30.5 Å². The molecule has 1 fully saturated rings. The Labute approximate surface area is 110 Å². The van der Waals surface area contributed by atoms with E-state index in [1.54, 1.807) is 0 Å². The van der Waals surface area contributed by atoms with Crippen molar-refractivity contribution in [1.29, 1.82) is 0 Å². The molecule has 17 heavy (non-hydrogen) atoms. The van der Waals surface area contributed by atoms with Crippen LogP contribution in [0.25, 0.3) is 0 Å². The van der Waals surface area contributed by atoms with Crippen molar-refractivity contribution in [1.82, 2.24) is 0 Å². The topological polar surface area (TPSA) is 47.6 Å². The van der Waals surface area contributed by atoms with Crippen molar-refractivity contribution in [2.45, 2.75) is 45.4 Å². The highest BCUT2D eigenvalue weighted by atomic mass is 32.1. The highest BCUT2D eigenvalue weighted by Crippen LogP contribution is 2.25. The molecule has 0 aromatic carbocycles. The quantitative estimate of drug-likeness (QED) is 0.536. The van der Waals surface area contributed by atoms with Crippen LogP contribution in [0.5, 0.6) is 0 Å². The van der Waals surface area contributed by atoms with E-state index in [-0.39, 0.29) is 0 Å². The molecule has 0 radical (unpaired) electrons. The van der Waals surface area contributed by atoms with E-state index >= 15 is 0 Å². The average Bonchev–Trinajstić information content (AvgIpc) is 2.73. The lowest BCUT2D eigenvalue weighted by Gasteiger charge is -2.11. The molecule has 2 N–H and O–H groups in total. The van der Waals surface area contributed by atoms with Gasteiger partial charge in [-0.15, -0.1) is 0 Å². The fourth-order valence-electron chi connectivity index (χ4n) is 2.17. The van der Waals surface area contributed by atoms with Crippen molar-refractivity contribution < 1.29 is 4.74 Å². The summed E-state index contributed by atoms with van der Waals surface area (Å²) in [5.41, 5.74) is 6.77. The molecule has 0 saturated heterocycles. The van der Waals surface area contributed by atoms with Crippen molar-refractivity contribution in [3.63, 3.8) is 0 Å². The van der Waals surface area contributed by atoms with Crippen LogP contribution in [0.4, 0.5) is 0 Å². The lowest BCUT2D eigenvalue weighted by Crippen LogP contribution is -2.16. The summed E-state index contributed by atoms with van der Waals surface area (Å²) in [6, 6.07) is 0. The average molecular weight is 256 g/mol. The minimum Gasteiger partial charge on any atom is -0.392 e. The summed E-state index contributed by atoms with van der Waals surface area (Å²) in [6.45, 7) is 4.44. The van der Waals surface area contributed by atoms with Gasteiger partial charge in [0.15, 0.2) is 0 Å². The van der Waals surface area contributed by atoms with Crippen molar-refractivity contribution >= 4 is 22.9 Å². The molecule has 1 atom stereocenters. The highest BCUT2D eigenvalue weighted by molar-refractivity contribution is 7.80. The third-order valence-corrected chi connectivity index (χ3v) is 3.28. The predicted octanol–water partition coefficient (Wildman–Crippen LogP) is 2.72. The molecular formula is C13H24N2OS. The van der Waals surface area contributed by atoms with Gasteiger partial charge in [-0.1, -0.05) is 25.6 Å². The first-order valence-electron chi connectivity index (χ1n) is 6.63. The number of ether oxygens (including phenoxy) is 1. The van der Waals surface area contributed by atoms with Gasteiger partial charge < -0.3 is 10.5 Å². The molecule has 0 aromatic rings. The zero-order chi connectivity index (χ0) is 12.5. The van der Waals surface area contributed by atoms with Gasteiger partial charge >= 0.3 is 0 Å². The van der Waals surface area contributed by atoms with Gasteiger partial charge in [0.05, 0.1) is 11.5 Å². The smallest absolute Gasteiger partial charge is 0.0945 e. The zero-order valence-corrected chi connectivity index (χ0v) is 11.6. The molecule has 1 aliphatic rings. The molecule has 0 amide bonds. The third-order valence-electron chi connectivity index (χ3n) is 3.15. The first kappa shape index (κ1) is 14.6. The van der Waals surface area contributed by atoms with Crippen molar-refractivity contribution in [2.24, 2.45) is 16.6 Å². The number of hydrogen-bond donors (Lipinski definition) is 1. The Morgan fingerprint density at radius 3 is 3.06 bits per heavy atom. The largest absolute Gasteiger partial charge is 0.392 e. The Kier molecular flexibility index (Phi) is 7.37. The van der Waals surface area contributed by atoms with E-state index in [9.17, 15) is 0 Å². The van der Waals surface area contributed by atoms with Gasteiger partial charge in [-0.3, -0.25) is 4.99 Å². The SMILES string of the molecule is CCCCOCCC1CCCC1=NCC(N)=S. The minimum absolute atomic E-state index is 0.488. The van der Waals surface area contributed by atoms with Gasteiger partial charge in [-0.05, 0) is 38.0 Å². The zero-order valence-electron chi connectivity index (χ0n) is 10.8. The van der Waals surface area contributed by atoms with Crippen LogP contribution in [0.2, 0.25) is 0 Å². The second-order valence-corrected chi connectivity index (χ2v) is 5.14. The van der Waals surface area contributed by atoms with E-state index in [1.165, 1.54) is 25.0 Å². The number of nitrogens with two attached hydrogens (primary N) is 1. The Morgan fingerprint density at radius 1 is 1.53 bits per heavy atom. The van der Waals surface area contributed by atoms with Crippen molar-refractivity contribution in [3.8, 4) is 0 Å². The fraction of sp³-hybridized carbons (Fsp3) is 0.846. The van der Waals surface area contributed by atoms with Crippen LogP contribution in [0.3, 0.4) is 0 Å². The summed E-state index contributed by atoms with van der Waals surface area (Å²) >= 11 is 4.85. The maximum Gasteiger partial charge on any atom is 0.0945 e. The molecule has 3 nitrogen and oxygen atoms in total. The highest BCUT2D eigenvalue weighted by Gasteiger charge is 2.21. The Hall–Kier alpha value is -0.480. The minimum atomic E-state index is 0.488. The molecule has 98 valence electrons. The maximum absolute atomic E-state index is 5.60. The summed E-state index contributed by atoms with van der Waals surface area (Å²) in [6.07, 6.45) is 7.06. The second kappa shape index (κ2) is 8.59. The van der Waals surface area contributed by atoms with Gasteiger partial charge in [-0.25, -0.2) is 0 Å². The molecule has 4 heteroatoms. The molecule has 0 bridgehead atoms. The Balaban J connectivity index is 2.22. The molecule has 1 rings (SSSR count). The lowest BCUT2D eigenvalue weighted by atomic mass is 10.0. The van der Waals surface area contributed by atoms with Gasteiger partial charge in [0.2, 0.25) is 0 Å². The first-order valence-corrected chi connectivity index (χ1v) is 7.04. The number of nitrogens with zero attached hydrogens (tertiary/aromatic N) is 1. The number of hydrogen-bond acceptors (Lipinski definition) is 3. The summed E-state index contributed by atoms with van der Waals surface area (Å²) in [5, 5.41) is 0. The standard InChI is InChI=1S/C13H24N2OS/c1-2-3-8-16-9-7-11-5-4-6-12(11)15-10-13(14)17/h11H,2-10H2,1H3,(H2,14,17). The van der Waals surface area contributed by atoms with E-state index in [0.717, 1.165) is 32.5 Å². The van der Waals surface area contributed by atoms with E-state index in [2.05, 4.69) is 11.9 Å². The summed E-state index contributed by atoms with van der Waals surface area (Å²) in [4.78, 5) is 5.00. The summed E-state index contributed by atoms with van der Waals surface area (Å²) < 4.78 is 5.60. The first-order chi connectivity index (χ1) is 8.24. The summed E-state index contributed by atoms with van der Waals surface area (Å²) in [5.74, 6) is 0.603. The summed E-state index contributed by atoms with van der Waals surface area (Å²) in [7, 11) is 0. The van der Waals surface area contributed by atoms with Crippen LogP contribution in [-0.2, 0) is 4.74 Å². The number of aliphatic imine (C=N–C) groups is 1. The Bertz CT molecular complexity index is 266. The Morgan fingerprint density at radius 2 is 2.35 bits per heavy atom. The van der Waals surface area contributed by atoms with Crippen LogP contribution in [0, 0.1) is 5.92 Å².